The van der Waals surface area contributed by atoms with Crippen molar-refractivity contribution in [3.63, 3.8) is 0 Å². The van der Waals surface area contributed by atoms with Crippen molar-refractivity contribution in [3.05, 3.63) is 40.0 Å². The molecule has 0 aliphatic carbocycles. The number of aliphatic hydroxyl groups is 1. The van der Waals surface area contributed by atoms with Crippen molar-refractivity contribution in [2.24, 2.45) is 4.99 Å². The van der Waals surface area contributed by atoms with Gasteiger partial charge in [-0.2, -0.15) is 0 Å². The average molecular weight is 386 g/mol. The minimum absolute atomic E-state index is 0.1000. The second-order valence-electron chi connectivity index (χ2n) is 7.53. The molecular formula is C22H31N3O3. The van der Waals surface area contributed by atoms with Crippen molar-refractivity contribution in [2.45, 2.75) is 53.5 Å². The molecule has 0 atom stereocenters. The summed E-state index contributed by atoms with van der Waals surface area (Å²) < 4.78 is 7.45. The molecule has 0 amide bonds. The molecule has 0 radical (unpaired) electrons. The van der Waals surface area contributed by atoms with Crippen LogP contribution in [0.15, 0.2) is 28.1 Å². The molecule has 1 N–H and O–H groups in total. The Hall–Kier alpha value is -2.34. The summed E-state index contributed by atoms with van der Waals surface area (Å²) in [6.45, 7) is 13.6. The zero-order chi connectivity index (χ0) is 20.4. The Morgan fingerprint density at radius 1 is 1.29 bits per heavy atom. The molecule has 3 rings (SSSR count). The molecular weight excluding hydrogens is 354 g/mol. The molecule has 28 heavy (non-hydrogen) atoms. The summed E-state index contributed by atoms with van der Waals surface area (Å²) in [6, 6.07) is 2.64. The van der Waals surface area contributed by atoms with Gasteiger partial charge in [-0.25, -0.2) is 9.79 Å². The zero-order valence-corrected chi connectivity index (χ0v) is 17.6. The summed E-state index contributed by atoms with van der Waals surface area (Å²) in [4.78, 5) is 19.0. The lowest BCUT2D eigenvalue weighted by Crippen LogP contribution is -2.34. The third-order valence-electron chi connectivity index (χ3n) is 5.79. The highest BCUT2D eigenvalue weighted by Gasteiger charge is 2.28. The number of esters is 1. The normalized spacial score (nSPS) is 20.2. The second-order valence-corrected chi connectivity index (χ2v) is 7.53. The number of carbonyl (C=O) groups excluding carboxylic acids is 1. The molecule has 152 valence electrons. The van der Waals surface area contributed by atoms with Crippen LogP contribution in [0.25, 0.3) is 6.08 Å². The number of aryl methyl sites for hydroxylation is 1. The van der Waals surface area contributed by atoms with Gasteiger partial charge >= 0.3 is 5.97 Å². The number of likely N-dealkylation sites (tertiary alicyclic amines) is 1. The van der Waals surface area contributed by atoms with Crippen molar-refractivity contribution in [3.8, 4) is 0 Å². The van der Waals surface area contributed by atoms with Crippen LogP contribution in [0.4, 0.5) is 0 Å². The predicted molar refractivity (Wildman–Crippen MR) is 112 cm³/mol. The Kier molecular flexibility index (Phi) is 6.08. The first-order valence-electron chi connectivity index (χ1n) is 10.2. The molecule has 0 unspecified atom stereocenters. The van der Waals surface area contributed by atoms with Crippen LogP contribution in [0.5, 0.6) is 0 Å². The maximum Gasteiger partial charge on any atom is 0.343 e. The van der Waals surface area contributed by atoms with Crippen LogP contribution in [0.1, 0.15) is 56.6 Å². The van der Waals surface area contributed by atoms with E-state index < -0.39 is 5.97 Å². The van der Waals surface area contributed by atoms with Crippen molar-refractivity contribution >= 4 is 17.8 Å². The Balaban J connectivity index is 1.89. The zero-order valence-electron chi connectivity index (χ0n) is 17.6. The fourth-order valence-electron chi connectivity index (χ4n) is 4.29. The highest BCUT2D eigenvalue weighted by molar-refractivity contribution is 6.22. The monoisotopic (exact) mass is 385 g/mol. The minimum atomic E-state index is -0.530. The van der Waals surface area contributed by atoms with E-state index in [1.807, 2.05) is 6.08 Å². The number of carbonyl (C=O) groups is 1. The number of hydrogen-bond acceptors (Lipinski definition) is 5. The van der Waals surface area contributed by atoms with Gasteiger partial charge in [-0.15, -0.1) is 0 Å². The van der Waals surface area contributed by atoms with E-state index in [-0.39, 0.29) is 17.9 Å². The standard InChI is InChI=1S/C22H31N3O3/c1-6-24-10-8-18(9-11-24)25-14(3)12-17(16(25)5)13-19-21(26)20(15(4)23-19)22(27)28-7-2/h12-13,18,26H,6-11H2,1-5H3/b19-13+. The van der Waals surface area contributed by atoms with E-state index in [0.717, 1.165) is 38.0 Å². The largest absolute Gasteiger partial charge is 0.505 e. The summed E-state index contributed by atoms with van der Waals surface area (Å²) in [7, 11) is 0. The Morgan fingerprint density at radius 2 is 1.96 bits per heavy atom. The van der Waals surface area contributed by atoms with Gasteiger partial charge in [0, 0.05) is 30.5 Å². The third-order valence-corrected chi connectivity index (χ3v) is 5.79. The summed E-state index contributed by atoms with van der Waals surface area (Å²) in [5, 5.41) is 10.5. The maximum atomic E-state index is 12.1. The highest BCUT2D eigenvalue weighted by atomic mass is 16.5. The quantitative estimate of drug-likeness (QED) is 0.779. The van der Waals surface area contributed by atoms with Crippen LogP contribution in [0.2, 0.25) is 0 Å². The smallest absolute Gasteiger partial charge is 0.343 e. The van der Waals surface area contributed by atoms with E-state index in [4.69, 9.17) is 4.74 Å². The first-order chi connectivity index (χ1) is 13.4. The molecule has 6 nitrogen and oxygen atoms in total. The van der Waals surface area contributed by atoms with E-state index in [0.29, 0.717) is 17.5 Å². The number of ether oxygens (including phenoxy) is 1. The van der Waals surface area contributed by atoms with E-state index in [2.05, 4.69) is 41.3 Å². The second kappa shape index (κ2) is 8.35. The Labute approximate surface area is 167 Å². The van der Waals surface area contributed by atoms with Gasteiger partial charge in [-0.1, -0.05) is 6.92 Å². The molecule has 1 saturated heterocycles. The van der Waals surface area contributed by atoms with Crippen molar-refractivity contribution in [1.29, 1.82) is 0 Å². The number of aromatic nitrogens is 1. The van der Waals surface area contributed by atoms with Gasteiger partial charge in [0.05, 0.1) is 12.3 Å². The van der Waals surface area contributed by atoms with Crippen LogP contribution in [0, 0.1) is 13.8 Å². The molecule has 1 aromatic heterocycles. The molecule has 6 heteroatoms. The van der Waals surface area contributed by atoms with Crippen molar-refractivity contribution in [1.82, 2.24) is 9.47 Å². The summed E-state index contributed by atoms with van der Waals surface area (Å²) in [6.07, 6.45) is 4.16. The predicted octanol–water partition coefficient (Wildman–Crippen LogP) is 3.95. The van der Waals surface area contributed by atoms with Gasteiger partial charge in [0.15, 0.2) is 5.76 Å². The van der Waals surface area contributed by atoms with Crippen LogP contribution >= 0.6 is 0 Å². The number of hydrogen-bond donors (Lipinski definition) is 1. The highest BCUT2D eigenvalue weighted by Crippen LogP contribution is 2.32. The van der Waals surface area contributed by atoms with E-state index in [9.17, 15) is 9.90 Å². The summed E-state index contributed by atoms with van der Waals surface area (Å²) in [5.41, 5.74) is 4.48. The molecule has 2 aliphatic rings. The molecule has 0 bridgehead atoms. The SMILES string of the molecule is CCOC(=O)C1=C(O)/C(=C\c2cc(C)n(C3CCN(CC)CC3)c2C)N=C1C. The fourth-order valence-corrected chi connectivity index (χ4v) is 4.29. The first-order valence-corrected chi connectivity index (χ1v) is 10.2. The topological polar surface area (TPSA) is 67.1 Å². The first kappa shape index (κ1) is 20.4. The maximum absolute atomic E-state index is 12.1. The molecule has 0 saturated carbocycles. The summed E-state index contributed by atoms with van der Waals surface area (Å²) in [5.74, 6) is -0.630. The number of aliphatic imine (C=N–C) groups is 1. The lowest BCUT2D eigenvalue weighted by atomic mass is 10.0. The molecule has 1 aromatic rings. The van der Waals surface area contributed by atoms with Crippen molar-refractivity contribution in [2.75, 3.05) is 26.2 Å². The number of piperidine rings is 1. The van der Waals surface area contributed by atoms with E-state index in [1.54, 1.807) is 13.8 Å². The van der Waals surface area contributed by atoms with Gasteiger partial charge in [0.25, 0.3) is 0 Å². The van der Waals surface area contributed by atoms with Gasteiger partial charge < -0.3 is 19.3 Å². The summed E-state index contributed by atoms with van der Waals surface area (Å²) >= 11 is 0. The third kappa shape index (κ3) is 3.78. The van der Waals surface area contributed by atoms with Crippen LogP contribution < -0.4 is 0 Å². The molecule has 0 aromatic carbocycles. The number of rotatable bonds is 5. The van der Waals surface area contributed by atoms with Gasteiger partial charge in [0.2, 0.25) is 0 Å². The molecule has 3 heterocycles. The fraction of sp³-hybridized carbons (Fsp3) is 0.545. The lowest BCUT2D eigenvalue weighted by molar-refractivity contribution is -0.138. The minimum Gasteiger partial charge on any atom is -0.505 e. The molecule has 1 fully saturated rings. The van der Waals surface area contributed by atoms with Gasteiger partial charge in [0.1, 0.15) is 11.3 Å². The Morgan fingerprint density at radius 3 is 2.57 bits per heavy atom. The average Bonchev–Trinajstić information content (AvgIpc) is 3.10. The number of nitrogens with zero attached hydrogens (tertiary/aromatic N) is 3. The van der Waals surface area contributed by atoms with E-state index >= 15 is 0 Å². The van der Waals surface area contributed by atoms with Gasteiger partial charge in [-0.05, 0) is 64.8 Å². The van der Waals surface area contributed by atoms with Crippen LogP contribution in [-0.2, 0) is 9.53 Å². The van der Waals surface area contributed by atoms with Gasteiger partial charge in [-0.3, -0.25) is 0 Å². The van der Waals surface area contributed by atoms with E-state index in [1.165, 1.54) is 11.4 Å². The number of aliphatic hydroxyl groups excluding tert-OH is 1. The van der Waals surface area contributed by atoms with Crippen molar-refractivity contribution < 1.29 is 14.6 Å². The lowest BCUT2D eigenvalue weighted by Gasteiger charge is -2.33. The molecule has 0 spiro atoms. The van der Waals surface area contributed by atoms with Crippen LogP contribution in [0.3, 0.4) is 0 Å². The molecule has 2 aliphatic heterocycles. The Bertz CT molecular complexity index is 853. The van der Waals surface area contributed by atoms with Crippen LogP contribution in [-0.4, -0.2) is 52.5 Å².